The average Bonchev–Trinajstić information content (AvgIpc) is 2.83. The van der Waals surface area contributed by atoms with E-state index in [0.717, 1.165) is 25.7 Å². The van der Waals surface area contributed by atoms with E-state index in [9.17, 15) is 15.2 Å². The Morgan fingerprint density at radius 3 is 2.76 bits per heavy atom. The van der Waals surface area contributed by atoms with Gasteiger partial charge >= 0.3 is 5.69 Å². The maximum absolute atomic E-state index is 11.4. The van der Waals surface area contributed by atoms with Gasteiger partial charge in [-0.05, 0) is 51.4 Å². The first kappa shape index (κ1) is 18.0. The summed E-state index contributed by atoms with van der Waals surface area (Å²) in [6.07, 6.45) is 2.73. The first-order valence-corrected chi connectivity index (χ1v) is 8.81. The van der Waals surface area contributed by atoms with Crippen LogP contribution in [-0.4, -0.2) is 45.4 Å². The molecule has 1 aliphatic carbocycles. The van der Waals surface area contributed by atoms with E-state index < -0.39 is 17.1 Å². The van der Waals surface area contributed by atoms with Gasteiger partial charge in [-0.15, -0.1) is 0 Å². The van der Waals surface area contributed by atoms with Crippen LogP contribution in [0.5, 0.6) is 5.88 Å². The summed E-state index contributed by atoms with van der Waals surface area (Å²) in [7, 11) is 0. The molecular formula is C17H27N3O5. The van der Waals surface area contributed by atoms with Crippen molar-refractivity contribution in [1.82, 2.24) is 9.97 Å². The number of hydrogen-bond donors (Lipinski definition) is 2. The molecule has 1 aromatic rings. The zero-order chi connectivity index (χ0) is 19.3. The molecule has 1 unspecified atom stereocenters. The smallest absolute Gasteiger partial charge is 0.351 e. The van der Waals surface area contributed by atoms with Crippen LogP contribution in [0.25, 0.3) is 0 Å². The van der Waals surface area contributed by atoms with Crippen molar-refractivity contribution < 1.29 is 19.9 Å². The van der Waals surface area contributed by atoms with Crippen molar-refractivity contribution >= 4 is 5.69 Å². The van der Waals surface area contributed by atoms with E-state index in [0.29, 0.717) is 18.9 Å². The molecule has 0 aromatic carbocycles. The van der Waals surface area contributed by atoms with Crippen molar-refractivity contribution in [3.05, 3.63) is 21.6 Å². The first-order chi connectivity index (χ1) is 12.4. The summed E-state index contributed by atoms with van der Waals surface area (Å²) in [5, 5.41) is 26.5. The highest BCUT2D eigenvalue weighted by Crippen LogP contribution is 2.40. The molecule has 4 atom stereocenters. The predicted molar refractivity (Wildman–Crippen MR) is 91.4 cm³/mol. The van der Waals surface area contributed by atoms with Crippen molar-refractivity contribution in [3.8, 4) is 5.88 Å². The molecule has 2 rings (SSSR count). The average molecular weight is 355 g/mol. The van der Waals surface area contributed by atoms with Gasteiger partial charge in [0.15, 0.2) is 0 Å². The van der Waals surface area contributed by atoms with Gasteiger partial charge in [0.2, 0.25) is 1.43 Å². The molecule has 1 saturated carbocycles. The molecule has 1 heterocycles. The highest BCUT2D eigenvalue weighted by molar-refractivity contribution is 5.45. The normalized spacial score (nSPS) is 26.5. The van der Waals surface area contributed by atoms with Gasteiger partial charge in [0.05, 0.1) is 11.0 Å². The van der Waals surface area contributed by atoms with Crippen molar-refractivity contribution in [1.29, 1.82) is 1.43 Å². The minimum Gasteiger partial charge on any atom is -0.466 e. The zero-order valence-corrected chi connectivity index (χ0v) is 15.0. The van der Waals surface area contributed by atoms with Gasteiger partial charge in [-0.3, -0.25) is 10.1 Å². The van der Waals surface area contributed by atoms with Crippen LogP contribution in [0.4, 0.5) is 5.69 Å². The third kappa shape index (κ3) is 4.43. The second-order valence-electron chi connectivity index (χ2n) is 6.73. The molecule has 25 heavy (non-hydrogen) atoms. The Kier molecular flexibility index (Phi) is 6.14. The number of ether oxygens (including phenoxy) is 1. The number of aromatic nitrogens is 2. The molecule has 0 amide bonds. The van der Waals surface area contributed by atoms with E-state index in [1.54, 1.807) is 13.8 Å². The molecule has 0 saturated heterocycles. The summed E-state index contributed by atoms with van der Waals surface area (Å²) >= 11 is 0. The summed E-state index contributed by atoms with van der Waals surface area (Å²) in [4.78, 5) is 19.0. The van der Waals surface area contributed by atoms with E-state index in [1.807, 2.05) is 0 Å². The molecule has 0 radical (unpaired) electrons. The van der Waals surface area contributed by atoms with Gasteiger partial charge in [-0.2, -0.15) is 4.98 Å². The van der Waals surface area contributed by atoms with Crippen LogP contribution in [-0.2, 0) is 0 Å². The Bertz CT molecular complexity index is 631. The molecule has 1 fully saturated rings. The number of nitrogens with zero attached hydrogens (tertiary/aromatic N) is 3. The largest absolute Gasteiger partial charge is 0.466 e. The Morgan fingerprint density at radius 1 is 1.36 bits per heavy atom. The SMILES string of the molecule is [3H]OCCCC1C[C@H](CCC)[C@@H](Oc2nc(C)nc(C)c2[N+](=O)[O-])[C@H]1O. The summed E-state index contributed by atoms with van der Waals surface area (Å²) < 4.78 is 12.7. The molecule has 0 aliphatic heterocycles. The van der Waals surface area contributed by atoms with Crippen LogP contribution >= 0.6 is 0 Å². The molecule has 8 nitrogen and oxygen atoms in total. The lowest BCUT2D eigenvalue weighted by atomic mass is 9.97. The monoisotopic (exact) mass is 355 g/mol. The van der Waals surface area contributed by atoms with Crippen molar-refractivity contribution in [2.75, 3.05) is 6.61 Å². The number of nitro groups is 1. The van der Waals surface area contributed by atoms with E-state index in [-0.39, 0.29) is 29.1 Å². The van der Waals surface area contributed by atoms with Gasteiger partial charge in [0, 0.05) is 6.61 Å². The third-order valence-electron chi connectivity index (χ3n) is 4.84. The minimum atomic E-state index is -0.729. The van der Waals surface area contributed by atoms with Crippen LogP contribution in [0.3, 0.4) is 0 Å². The highest BCUT2D eigenvalue weighted by atomic mass is 16.6. The number of hydrogen-bond acceptors (Lipinski definition) is 7. The van der Waals surface area contributed by atoms with Crippen molar-refractivity contribution in [2.24, 2.45) is 11.8 Å². The van der Waals surface area contributed by atoms with Gasteiger partial charge in [-0.1, -0.05) is 13.3 Å². The number of rotatable bonds is 9. The topological polar surface area (TPSA) is 119 Å². The maximum atomic E-state index is 11.4. The van der Waals surface area contributed by atoms with Crippen molar-refractivity contribution in [3.63, 3.8) is 0 Å². The second-order valence-corrected chi connectivity index (χ2v) is 6.73. The number of aliphatic hydroxyl groups excluding tert-OH is 2. The molecule has 1 aromatic heterocycles. The van der Waals surface area contributed by atoms with E-state index in [1.165, 1.54) is 0 Å². The number of aliphatic hydroxyl groups is 2. The molecule has 8 heteroatoms. The third-order valence-corrected chi connectivity index (χ3v) is 4.84. The standard InChI is InChI=1S/C17H27N3O5/c1-4-6-13-9-12(7-5-8-21)15(22)16(13)25-17-14(20(23)24)10(2)18-11(3)19-17/h12-13,15-16,21-22H,4-9H2,1-3H3/t12?,13-,15-,16+/m0/s1/i21T. The Labute approximate surface area is 148 Å². The quantitative estimate of drug-likeness (QED) is 0.396. The summed E-state index contributed by atoms with van der Waals surface area (Å²) in [6, 6.07) is 0. The highest BCUT2D eigenvalue weighted by Gasteiger charge is 2.44. The Morgan fingerprint density at radius 2 is 2.12 bits per heavy atom. The lowest BCUT2D eigenvalue weighted by Gasteiger charge is -2.23. The van der Waals surface area contributed by atoms with Gasteiger partial charge in [0.25, 0.3) is 5.88 Å². The summed E-state index contributed by atoms with van der Waals surface area (Å²) in [5.74, 6) is 0.453. The first-order valence-electron chi connectivity index (χ1n) is 9.22. The molecular weight excluding hydrogens is 326 g/mol. The lowest BCUT2D eigenvalue weighted by molar-refractivity contribution is -0.387. The fourth-order valence-corrected chi connectivity index (χ4v) is 3.76. The van der Waals surface area contributed by atoms with E-state index >= 15 is 0 Å². The lowest BCUT2D eigenvalue weighted by Crippen LogP contribution is -2.34. The van der Waals surface area contributed by atoms with Crippen LogP contribution in [0.15, 0.2) is 0 Å². The second kappa shape index (κ2) is 8.53. The Hall–Kier alpha value is -1.80. The van der Waals surface area contributed by atoms with Crippen LogP contribution in [0.2, 0.25) is 0 Å². The fourth-order valence-electron chi connectivity index (χ4n) is 3.76. The van der Waals surface area contributed by atoms with E-state index in [4.69, 9.17) is 6.17 Å². The molecule has 1 aliphatic rings. The Balaban J connectivity index is 2.24. The summed E-state index contributed by atoms with van der Waals surface area (Å²) in [6.45, 7) is 5.59. The number of aryl methyl sites for hydroxylation is 2. The molecule has 140 valence electrons. The molecule has 0 bridgehead atoms. The maximum Gasteiger partial charge on any atom is 0.351 e. The minimum absolute atomic E-state index is 0.0230. The summed E-state index contributed by atoms with van der Waals surface area (Å²) in [5.41, 5.74) is 0.00489. The molecule has 0 spiro atoms. The van der Waals surface area contributed by atoms with Crippen LogP contribution < -0.4 is 4.74 Å². The van der Waals surface area contributed by atoms with Gasteiger partial charge < -0.3 is 15.0 Å². The van der Waals surface area contributed by atoms with E-state index in [2.05, 4.69) is 22.0 Å². The van der Waals surface area contributed by atoms with Gasteiger partial charge in [-0.25, -0.2) is 4.98 Å². The van der Waals surface area contributed by atoms with Gasteiger partial charge in [0.1, 0.15) is 17.6 Å². The van der Waals surface area contributed by atoms with Crippen LogP contribution in [0, 0.1) is 35.8 Å². The zero-order valence-electron chi connectivity index (χ0n) is 16.0. The fraction of sp³-hybridized carbons (Fsp3) is 0.765. The predicted octanol–water partition coefficient (Wildman–Crippen LogP) is 2.32. The van der Waals surface area contributed by atoms with Crippen LogP contribution in [0.1, 0.15) is 50.5 Å². The molecule has 2 N–H and O–H groups in total. The van der Waals surface area contributed by atoms with Crippen molar-refractivity contribution in [2.45, 2.75) is 65.1 Å².